The van der Waals surface area contributed by atoms with E-state index in [0.717, 1.165) is 0 Å². The van der Waals surface area contributed by atoms with Crippen LogP contribution in [-0.4, -0.2) is 0 Å². The van der Waals surface area contributed by atoms with Crippen LogP contribution < -0.4 is 0 Å². The summed E-state index contributed by atoms with van der Waals surface area (Å²) in [5.74, 6) is 0. The van der Waals surface area contributed by atoms with E-state index in [9.17, 15) is 0 Å². The molecule has 0 aliphatic heterocycles. The van der Waals surface area contributed by atoms with Gasteiger partial charge in [-0.3, -0.25) is 0 Å². The third-order valence-electron chi connectivity index (χ3n) is 2.88. The molecule has 0 spiro atoms. The Kier molecular flexibility index (Phi) is 4.84. The zero-order chi connectivity index (χ0) is 12.9. The van der Waals surface area contributed by atoms with Gasteiger partial charge in [-0.05, 0) is 34.3 Å². The summed E-state index contributed by atoms with van der Waals surface area (Å²) in [7, 11) is 0.0189. The summed E-state index contributed by atoms with van der Waals surface area (Å²) in [5.41, 5.74) is 0. The molecule has 3 rings (SSSR count). The number of thiophene rings is 3. The van der Waals surface area contributed by atoms with Crippen molar-refractivity contribution in [2.75, 3.05) is 0 Å². The van der Waals surface area contributed by atoms with Gasteiger partial charge in [0.1, 0.15) is 0 Å². The maximum atomic E-state index is 2.28. The predicted octanol–water partition coefficient (Wildman–Crippen LogP) is 6.25. The largest absolute Gasteiger partial charge is 0.149 e. The minimum atomic E-state index is 0.0189. The Hall–Kier alpha value is -0.470. The van der Waals surface area contributed by atoms with Crippen LogP contribution >= 0.6 is 41.9 Å². The standard InChI is InChI=1S/C15H15PS3/c1-4-13(17-7-1)10-16(11-14-5-2-8-18-14)12-15-6-3-9-19-15/h1-9H,10-12H2. The molecule has 0 radical (unpaired) electrons. The molecule has 0 fully saturated rings. The summed E-state index contributed by atoms with van der Waals surface area (Å²) in [6.45, 7) is 0. The molecule has 0 aliphatic rings. The lowest BCUT2D eigenvalue weighted by Crippen LogP contribution is -1.88. The molecule has 0 aromatic carbocycles. The van der Waals surface area contributed by atoms with E-state index < -0.39 is 0 Å². The third kappa shape index (κ3) is 4.00. The van der Waals surface area contributed by atoms with Gasteiger partial charge < -0.3 is 0 Å². The second-order valence-corrected chi connectivity index (χ2v) is 9.77. The van der Waals surface area contributed by atoms with E-state index in [2.05, 4.69) is 52.5 Å². The van der Waals surface area contributed by atoms with Crippen molar-refractivity contribution in [1.82, 2.24) is 0 Å². The van der Waals surface area contributed by atoms with E-state index in [1.807, 2.05) is 34.0 Å². The van der Waals surface area contributed by atoms with Crippen molar-refractivity contribution < 1.29 is 0 Å². The average molecular weight is 322 g/mol. The molecule has 19 heavy (non-hydrogen) atoms. The molecular weight excluding hydrogens is 307 g/mol. The number of hydrogen-bond donors (Lipinski definition) is 0. The highest BCUT2D eigenvalue weighted by Gasteiger charge is 2.13. The zero-order valence-corrected chi connectivity index (χ0v) is 13.8. The van der Waals surface area contributed by atoms with Crippen molar-refractivity contribution in [1.29, 1.82) is 0 Å². The smallest absolute Gasteiger partial charge is 0.00882 e. The fourth-order valence-corrected chi connectivity index (χ4v) is 8.02. The quantitative estimate of drug-likeness (QED) is 0.470. The maximum Gasteiger partial charge on any atom is 0.00882 e. The van der Waals surface area contributed by atoms with Crippen molar-refractivity contribution in [3.8, 4) is 0 Å². The normalized spacial score (nSPS) is 11.2. The van der Waals surface area contributed by atoms with Gasteiger partial charge in [0.2, 0.25) is 0 Å². The summed E-state index contributed by atoms with van der Waals surface area (Å²) < 4.78 is 0. The Balaban J connectivity index is 1.70. The molecule has 0 nitrogen and oxygen atoms in total. The molecule has 0 amide bonds. The summed E-state index contributed by atoms with van der Waals surface area (Å²) in [4.78, 5) is 4.62. The topological polar surface area (TPSA) is 0 Å². The van der Waals surface area contributed by atoms with Crippen LogP contribution in [0.15, 0.2) is 52.5 Å². The first-order chi connectivity index (χ1) is 9.40. The van der Waals surface area contributed by atoms with Crippen LogP contribution in [0.1, 0.15) is 14.6 Å². The molecule has 0 aliphatic carbocycles. The minimum absolute atomic E-state index is 0.0189. The first-order valence-electron chi connectivity index (χ1n) is 6.19. The van der Waals surface area contributed by atoms with E-state index in [4.69, 9.17) is 0 Å². The van der Waals surface area contributed by atoms with Crippen LogP contribution in [0.2, 0.25) is 0 Å². The summed E-state index contributed by atoms with van der Waals surface area (Å²) in [6.07, 6.45) is 3.80. The number of hydrogen-bond acceptors (Lipinski definition) is 3. The van der Waals surface area contributed by atoms with E-state index in [1.54, 1.807) is 14.6 Å². The molecule has 0 unspecified atom stereocenters. The van der Waals surface area contributed by atoms with Gasteiger partial charge in [-0.15, -0.1) is 34.0 Å². The molecular formula is C15H15PS3. The van der Waals surface area contributed by atoms with Crippen molar-refractivity contribution in [2.24, 2.45) is 0 Å². The van der Waals surface area contributed by atoms with Gasteiger partial charge in [0.05, 0.1) is 0 Å². The molecule has 0 atom stereocenters. The van der Waals surface area contributed by atoms with Gasteiger partial charge in [-0.25, -0.2) is 0 Å². The second-order valence-electron chi connectivity index (χ2n) is 4.38. The zero-order valence-electron chi connectivity index (χ0n) is 10.5. The van der Waals surface area contributed by atoms with Crippen LogP contribution in [0, 0.1) is 0 Å². The summed E-state index contributed by atoms with van der Waals surface area (Å²) >= 11 is 5.70. The second kappa shape index (κ2) is 6.81. The lowest BCUT2D eigenvalue weighted by Gasteiger charge is -2.15. The molecule has 0 saturated heterocycles. The van der Waals surface area contributed by atoms with Gasteiger partial charge >= 0.3 is 0 Å². The minimum Gasteiger partial charge on any atom is -0.149 e. The van der Waals surface area contributed by atoms with Gasteiger partial charge in [-0.2, -0.15) is 0 Å². The first-order valence-corrected chi connectivity index (χ1v) is 10.7. The molecule has 4 heteroatoms. The monoisotopic (exact) mass is 322 g/mol. The molecule has 3 aromatic heterocycles. The lowest BCUT2D eigenvalue weighted by molar-refractivity contribution is 1.34. The van der Waals surface area contributed by atoms with Crippen LogP contribution in [-0.2, 0) is 18.5 Å². The highest BCUT2D eigenvalue weighted by molar-refractivity contribution is 7.56. The van der Waals surface area contributed by atoms with Crippen molar-refractivity contribution in [3.63, 3.8) is 0 Å². The van der Waals surface area contributed by atoms with Crippen LogP contribution in [0.25, 0.3) is 0 Å². The first kappa shape index (κ1) is 13.5. The molecule has 98 valence electrons. The van der Waals surface area contributed by atoms with E-state index in [-0.39, 0.29) is 7.92 Å². The van der Waals surface area contributed by atoms with Gasteiger partial charge in [-0.1, -0.05) is 26.1 Å². The fourth-order valence-electron chi connectivity index (χ4n) is 2.04. The molecule has 3 aromatic rings. The van der Waals surface area contributed by atoms with Gasteiger partial charge in [0, 0.05) is 33.1 Å². The Bertz CT molecular complexity index is 481. The van der Waals surface area contributed by atoms with Crippen molar-refractivity contribution in [3.05, 3.63) is 67.2 Å². The lowest BCUT2D eigenvalue weighted by atomic mass is 10.5. The molecule has 3 heterocycles. The Morgan fingerprint density at radius 2 is 1.00 bits per heavy atom. The van der Waals surface area contributed by atoms with Crippen LogP contribution in [0.5, 0.6) is 0 Å². The predicted molar refractivity (Wildman–Crippen MR) is 91.0 cm³/mol. The summed E-state index contributed by atoms with van der Waals surface area (Å²) in [6, 6.07) is 13.4. The molecule has 0 N–H and O–H groups in total. The van der Waals surface area contributed by atoms with Crippen LogP contribution in [0.4, 0.5) is 0 Å². The molecule has 0 saturated carbocycles. The maximum absolute atomic E-state index is 2.28. The Morgan fingerprint density at radius 1 is 0.632 bits per heavy atom. The average Bonchev–Trinajstić information content (AvgIpc) is 3.10. The van der Waals surface area contributed by atoms with E-state index in [1.165, 1.54) is 18.5 Å². The van der Waals surface area contributed by atoms with Gasteiger partial charge in [0.15, 0.2) is 0 Å². The van der Waals surface area contributed by atoms with E-state index in [0.29, 0.717) is 0 Å². The van der Waals surface area contributed by atoms with Crippen molar-refractivity contribution >= 4 is 41.9 Å². The van der Waals surface area contributed by atoms with E-state index >= 15 is 0 Å². The SMILES string of the molecule is c1csc(CP(Cc2cccs2)Cc2cccs2)c1. The third-order valence-corrected chi connectivity index (χ3v) is 8.51. The number of rotatable bonds is 6. The van der Waals surface area contributed by atoms with Crippen molar-refractivity contribution in [2.45, 2.75) is 18.5 Å². The molecule has 0 bridgehead atoms. The van der Waals surface area contributed by atoms with Gasteiger partial charge in [0.25, 0.3) is 0 Å². The van der Waals surface area contributed by atoms with Crippen LogP contribution in [0.3, 0.4) is 0 Å². The fraction of sp³-hybridized carbons (Fsp3) is 0.200. The summed E-state index contributed by atoms with van der Waals surface area (Å²) in [5, 5.41) is 6.58. The highest BCUT2D eigenvalue weighted by atomic mass is 32.1. The highest BCUT2D eigenvalue weighted by Crippen LogP contribution is 2.48. The Labute approximate surface area is 127 Å². The Morgan fingerprint density at radius 3 is 1.26 bits per heavy atom.